The van der Waals surface area contributed by atoms with Gasteiger partial charge in [-0.1, -0.05) is 104 Å². The van der Waals surface area contributed by atoms with E-state index in [2.05, 4.69) is 48.2 Å². The Labute approximate surface area is 601 Å². The second-order valence-corrected chi connectivity index (χ2v) is 30.5. The number of methoxy groups -OCH3 is 2. The number of hydrogen-bond donors (Lipinski definition) is 7. The van der Waals surface area contributed by atoms with Crippen molar-refractivity contribution < 1.29 is 53.2 Å². The van der Waals surface area contributed by atoms with Gasteiger partial charge in [0.2, 0.25) is 0 Å². The molecule has 16 rings (SSSR count). The van der Waals surface area contributed by atoms with Crippen LogP contribution in [0.4, 0.5) is 4.79 Å². The highest BCUT2D eigenvalue weighted by Crippen LogP contribution is 2.54. The monoisotopic (exact) mass is 1400 g/mol. The van der Waals surface area contributed by atoms with E-state index in [-0.39, 0.29) is 41.9 Å². The number of ether oxygens (including phenoxy) is 3. The van der Waals surface area contributed by atoms with Gasteiger partial charge in [-0.2, -0.15) is 15.3 Å². The van der Waals surface area contributed by atoms with Crippen LogP contribution in [0, 0.1) is 23.7 Å². The summed E-state index contributed by atoms with van der Waals surface area (Å²) < 4.78 is 21.4. The number of carbonyl (C=O) groups is 6. The summed E-state index contributed by atoms with van der Waals surface area (Å²) in [4.78, 5) is 81.4. The minimum Gasteiger partial charge on any atom is -0.504 e. The lowest BCUT2D eigenvalue weighted by Gasteiger charge is -2.54. The molecule has 0 saturated heterocycles. The lowest BCUT2D eigenvalue weighted by molar-refractivity contribution is -0.143. The summed E-state index contributed by atoms with van der Waals surface area (Å²) in [5.74, 6) is 0.751. The van der Waals surface area contributed by atoms with Gasteiger partial charge in [-0.05, 0) is 200 Å². The highest BCUT2D eigenvalue weighted by atomic mass is 16.6. The first-order chi connectivity index (χ1) is 49.8. The van der Waals surface area contributed by atoms with Crippen molar-refractivity contribution in [2.75, 3.05) is 14.2 Å². The number of nitrogens with one attached hydrogen (secondary N) is 5. The molecular weight excluding hydrogens is 1300 g/mol. The number of benzene rings is 4. The number of aromatic nitrogens is 7. The molecule has 7 N–H and O–H groups in total. The molecule has 4 aromatic carbocycles. The number of phenolic OH excluding ortho intramolecular Hbond substituents is 2. The Kier molecular flexibility index (Phi) is 22.2. The fourth-order valence-electron chi connectivity index (χ4n) is 17.5. The number of fused-ring (bicyclic) bond motifs is 4. The first-order valence-electron chi connectivity index (χ1n) is 37.3. The summed E-state index contributed by atoms with van der Waals surface area (Å²) in [6, 6.07) is 31.0. The zero-order valence-corrected chi connectivity index (χ0v) is 60.0. The Morgan fingerprint density at radius 2 is 1.13 bits per heavy atom. The molecule has 5 saturated carbocycles. The molecule has 0 radical (unpaired) electrons. The molecule has 5 fully saturated rings. The Morgan fingerprint density at radius 1 is 0.573 bits per heavy atom. The fourth-order valence-corrected chi connectivity index (χ4v) is 17.5. The van der Waals surface area contributed by atoms with Gasteiger partial charge in [-0.15, -0.1) is 0 Å². The first kappa shape index (κ1) is 71.7. The van der Waals surface area contributed by atoms with Crippen LogP contribution in [-0.4, -0.2) is 124 Å². The lowest BCUT2D eigenvalue weighted by atomic mass is 9.54. The number of aryl methyl sites for hydroxylation is 1. The topological polar surface area (TPSA) is 288 Å². The predicted octanol–water partition coefficient (Wildman–Crippen LogP) is 11.9. The molecule has 4 heterocycles. The molecule has 22 heteroatoms. The van der Waals surface area contributed by atoms with E-state index >= 15 is 0 Å². The third-order valence-corrected chi connectivity index (χ3v) is 22.1. The molecule has 0 aliphatic heterocycles. The van der Waals surface area contributed by atoms with E-state index in [4.69, 9.17) is 24.4 Å². The molecular formula is C81H99N11O11. The molecule has 4 bridgehead atoms. The van der Waals surface area contributed by atoms with E-state index in [9.17, 15) is 39.0 Å². The number of hydrogen-bond acceptors (Lipinski definition) is 14. The van der Waals surface area contributed by atoms with Gasteiger partial charge in [0.1, 0.15) is 23.4 Å². The smallest absolute Gasteiger partial charge is 0.407 e. The quantitative estimate of drug-likeness (QED) is 0.0239. The third-order valence-electron chi connectivity index (χ3n) is 22.1. The van der Waals surface area contributed by atoms with Crippen LogP contribution in [0.3, 0.4) is 0 Å². The van der Waals surface area contributed by atoms with Gasteiger partial charge in [-0.3, -0.25) is 28.4 Å². The molecule has 0 spiro atoms. The number of phenols is 2. The Balaban J connectivity index is 0.000000138. The van der Waals surface area contributed by atoms with Crippen LogP contribution in [0.5, 0.6) is 11.5 Å². The second kappa shape index (κ2) is 31.9. The second-order valence-electron chi connectivity index (χ2n) is 30.5. The molecule has 8 aromatic rings. The zero-order chi connectivity index (χ0) is 71.9. The average molecular weight is 1400 g/mol. The third kappa shape index (κ3) is 16.8. The normalized spacial score (nSPS) is 20.8. The number of alkyl carbamates (subject to hydrolysis) is 1. The van der Waals surface area contributed by atoms with Crippen molar-refractivity contribution in [2.24, 2.45) is 23.7 Å². The Hall–Kier alpha value is -9.73. The Morgan fingerprint density at radius 3 is 1.69 bits per heavy atom. The maximum Gasteiger partial charge on any atom is 0.407 e. The van der Waals surface area contributed by atoms with Crippen LogP contribution in [0.25, 0.3) is 10.9 Å². The van der Waals surface area contributed by atoms with Gasteiger partial charge < -0.3 is 50.7 Å². The standard InChI is InChI=1S/C29H44N4O3.C27H28N4O3.C25H27N3O5/c1-29(2,3)36-28(35)30-21-9-10-24-23(16-21)26(33(32-24)22-7-5-4-6-8-22)27(34)31-25-19-12-17-11-18(14-19)15-20(25)13-17;1-34-27(33)23(15-19-16-28-22-13-7-5-11-20(19)22)29-26(32)25-21-12-6-8-14-24(21)31(30-25)17-18-9-3-2-4-10-18;1-33-25(32)19(13-17-11-12-21(29)22(30)14-17)26-24(31)23-18-9-5-6-10-20(18)28(27-23)15-16-7-3-2-4-8-16/h17-22,25H,4-16H2,1-3H3,(H,30,35)(H,31,34);2-5,7,9-11,13,16,23,28H,6,8,12,14-15,17H2,1H3,(H,29,32);2-4,7-8,11-12,14,19,29-30H,5-6,9-10,13,15H2,1H3,(H,26,31). The number of aromatic amines is 1. The largest absolute Gasteiger partial charge is 0.504 e. The SMILES string of the molecule is CC(C)(C)OC(=O)NC1CCc2nn(C3CCCCC3)c(C(=O)NC3C4CC5CC(C4)CC3C5)c2C1.COC(=O)C(Cc1c[nH]c2ccccc12)NC(=O)c1nn(Cc2ccccc2)c2c1CCCC2.COC(=O)C(Cc1ccc(O)c(O)c1)NC(=O)c1nn(Cc2ccccc2)c2c1CCCC2. The average Bonchev–Trinajstić information content (AvgIpc) is 1.33. The van der Waals surface area contributed by atoms with Crippen molar-refractivity contribution >= 4 is 46.7 Å². The van der Waals surface area contributed by atoms with E-state index in [1.165, 1.54) is 77.7 Å². The molecule has 4 aromatic heterocycles. The molecule has 4 amide bonds. The maximum atomic E-state index is 14.1. The Bertz CT molecular complexity index is 4320. The zero-order valence-electron chi connectivity index (χ0n) is 60.0. The highest BCUT2D eigenvalue weighted by molar-refractivity contribution is 5.98. The molecule has 3 unspecified atom stereocenters. The molecule has 103 heavy (non-hydrogen) atoms. The lowest BCUT2D eigenvalue weighted by Crippen LogP contribution is -2.56. The molecule has 544 valence electrons. The number of H-pyrrole nitrogens is 1. The van der Waals surface area contributed by atoms with Gasteiger partial charge in [0.25, 0.3) is 17.7 Å². The summed E-state index contributed by atoms with van der Waals surface area (Å²) in [7, 11) is 2.60. The molecule has 8 aliphatic rings. The number of amides is 4. The van der Waals surface area contributed by atoms with Crippen LogP contribution in [-0.2, 0) is 88.3 Å². The number of aromatic hydroxyl groups is 2. The van der Waals surface area contributed by atoms with Gasteiger partial charge in [0, 0.05) is 70.1 Å². The van der Waals surface area contributed by atoms with Crippen molar-refractivity contribution in [1.29, 1.82) is 0 Å². The van der Waals surface area contributed by atoms with Crippen LogP contribution in [0.2, 0.25) is 0 Å². The van der Waals surface area contributed by atoms with Gasteiger partial charge in [0.15, 0.2) is 22.9 Å². The van der Waals surface area contributed by atoms with Crippen LogP contribution < -0.4 is 21.3 Å². The number of carbonyl (C=O) groups excluding carboxylic acids is 6. The van der Waals surface area contributed by atoms with Crippen molar-refractivity contribution in [3.05, 3.63) is 182 Å². The minimum atomic E-state index is -0.968. The highest BCUT2D eigenvalue weighted by Gasteiger charge is 2.49. The van der Waals surface area contributed by atoms with E-state index in [1.807, 2.05) is 109 Å². The van der Waals surface area contributed by atoms with Crippen LogP contribution >= 0.6 is 0 Å². The van der Waals surface area contributed by atoms with Gasteiger partial charge in [-0.25, -0.2) is 14.4 Å². The summed E-state index contributed by atoms with van der Waals surface area (Å²) in [6.07, 6.45) is 24.1. The minimum absolute atomic E-state index is 0.0379. The number of para-hydroxylation sites is 1. The first-order valence-corrected chi connectivity index (χ1v) is 37.3. The molecule has 22 nitrogen and oxygen atoms in total. The van der Waals surface area contributed by atoms with Crippen LogP contribution in [0.1, 0.15) is 211 Å². The van der Waals surface area contributed by atoms with E-state index in [0.29, 0.717) is 66.8 Å². The number of esters is 2. The number of nitrogens with zero attached hydrogens (tertiary/aromatic N) is 6. The maximum absolute atomic E-state index is 14.1. The van der Waals surface area contributed by atoms with Gasteiger partial charge >= 0.3 is 18.0 Å². The van der Waals surface area contributed by atoms with Crippen molar-refractivity contribution in [3.63, 3.8) is 0 Å². The summed E-state index contributed by atoms with van der Waals surface area (Å²) in [5.41, 5.74) is 11.9. The van der Waals surface area contributed by atoms with E-state index in [0.717, 1.165) is 156 Å². The summed E-state index contributed by atoms with van der Waals surface area (Å²) in [5, 5.41) is 47.0. The summed E-state index contributed by atoms with van der Waals surface area (Å²) in [6.45, 7) is 6.83. The molecule has 8 aliphatic carbocycles. The molecule has 3 atom stereocenters. The van der Waals surface area contributed by atoms with Crippen molar-refractivity contribution in [1.82, 2.24) is 55.6 Å². The number of rotatable bonds is 18. The fraction of sp³-hybridized carbons (Fsp3) is 0.494. The van der Waals surface area contributed by atoms with Crippen molar-refractivity contribution in [2.45, 2.75) is 217 Å². The van der Waals surface area contributed by atoms with E-state index in [1.54, 1.807) is 6.07 Å². The van der Waals surface area contributed by atoms with Gasteiger partial charge in [0.05, 0.1) is 39.0 Å². The van der Waals surface area contributed by atoms with Crippen molar-refractivity contribution in [3.8, 4) is 11.5 Å². The summed E-state index contributed by atoms with van der Waals surface area (Å²) >= 11 is 0. The van der Waals surface area contributed by atoms with Crippen LogP contribution in [0.15, 0.2) is 109 Å². The predicted molar refractivity (Wildman–Crippen MR) is 389 cm³/mol. The van der Waals surface area contributed by atoms with E-state index < -0.39 is 35.5 Å².